The highest BCUT2D eigenvalue weighted by Crippen LogP contribution is 2.29. The minimum absolute atomic E-state index is 0.204. The van der Waals surface area contributed by atoms with Crippen LogP contribution in [0.25, 0.3) is 0 Å². The fraction of sp³-hybridized carbons (Fsp3) is 0.286. The molecule has 0 fully saturated rings. The number of amides is 4. The molecule has 8 heteroatoms. The Morgan fingerprint density at radius 1 is 0.931 bits per heavy atom. The van der Waals surface area contributed by atoms with Gasteiger partial charge in [-0.2, -0.15) is 0 Å². The average molecular weight is 394 g/mol. The maximum atomic E-state index is 12.6. The number of rotatable bonds is 5. The van der Waals surface area contributed by atoms with Crippen molar-refractivity contribution in [2.45, 2.75) is 26.3 Å². The topological polar surface area (TPSA) is 108 Å². The molecule has 0 atom stereocenters. The Bertz CT molecular complexity index is 980. The Kier molecular flexibility index (Phi) is 5.45. The summed E-state index contributed by atoms with van der Waals surface area (Å²) in [5, 5.41) is 5.34. The summed E-state index contributed by atoms with van der Waals surface area (Å²) in [7, 11) is 0. The fourth-order valence-electron chi connectivity index (χ4n) is 3.03. The normalized spacial score (nSPS) is 13.3. The molecule has 0 saturated heterocycles. The van der Waals surface area contributed by atoms with E-state index < -0.39 is 17.4 Å². The summed E-state index contributed by atoms with van der Waals surface area (Å²) in [6.45, 7) is 5.77. The summed E-state index contributed by atoms with van der Waals surface area (Å²) in [5.74, 6) is -1.49. The van der Waals surface area contributed by atoms with Crippen LogP contribution in [0, 0.1) is 0 Å². The van der Waals surface area contributed by atoms with Crippen LogP contribution in [0.2, 0.25) is 0 Å². The lowest BCUT2D eigenvalue weighted by Crippen LogP contribution is -2.45. The van der Waals surface area contributed by atoms with E-state index in [1.165, 1.54) is 29.3 Å². The molecule has 1 aliphatic heterocycles. The number of benzene rings is 1. The Morgan fingerprint density at radius 2 is 1.59 bits per heavy atom. The standard InChI is InChI=1S/C21H22N4O4/c1-21(2,3)25-19(28)14-8-7-13(12-15(14)20(25)29)17(26)23-10-11-24-18(27)16-6-4-5-9-22-16/h4-9,12H,10-11H2,1-3H3,(H,23,26)(H,24,27). The third kappa shape index (κ3) is 4.16. The number of pyridine rings is 1. The molecule has 0 unspecified atom stereocenters. The monoisotopic (exact) mass is 394 g/mol. The minimum atomic E-state index is -0.651. The lowest BCUT2D eigenvalue weighted by Gasteiger charge is -2.29. The second-order valence-electron chi connectivity index (χ2n) is 7.60. The molecule has 2 N–H and O–H groups in total. The van der Waals surface area contributed by atoms with Crippen LogP contribution in [0.5, 0.6) is 0 Å². The molecule has 0 saturated carbocycles. The van der Waals surface area contributed by atoms with E-state index in [4.69, 9.17) is 0 Å². The van der Waals surface area contributed by atoms with E-state index in [1.54, 1.807) is 39.0 Å². The SMILES string of the molecule is CC(C)(C)N1C(=O)c2ccc(C(=O)NCCNC(=O)c3ccccn3)cc2C1=O. The van der Waals surface area contributed by atoms with E-state index in [1.807, 2.05) is 0 Å². The molecular formula is C21H22N4O4. The molecule has 0 spiro atoms. The first-order valence-electron chi connectivity index (χ1n) is 9.20. The van der Waals surface area contributed by atoms with Gasteiger partial charge in [-0.25, -0.2) is 0 Å². The fourth-order valence-corrected chi connectivity index (χ4v) is 3.03. The molecule has 29 heavy (non-hydrogen) atoms. The predicted molar refractivity (Wildman–Crippen MR) is 106 cm³/mol. The highest BCUT2D eigenvalue weighted by atomic mass is 16.2. The maximum absolute atomic E-state index is 12.6. The van der Waals surface area contributed by atoms with E-state index in [0.29, 0.717) is 11.3 Å². The molecule has 3 rings (SSSR count). The van der Waals surface area contributed by atoms with Crippen LogP contribution in [0.3, 0.4) is 0 Å². The van der Waals surface area contributed by atoms with Gasteiger partial charge in [0, 0.05) is 30.4 Å². The van der Waals surface area contributed by atoms with Gasteiger partial charge in [-0.05, 0) is 51.1 Å². The summed E-state index contributed by atoms with van der Waals surface area (Å²) in [6, 6.07) is 9.47. The van der Waals surface area contributed by atoms with Crippen LogP contribution in [0.15, 0.2) is 42.6 Å². The third-order valence-corrected chi connectivity index (χ3v) is 4.41. The van der Waals surface area contributed by atoms with Crippen LogP contribution in [-0.4, -0.2) is 52.1 Å². The van der Waals surface area contributed by atoms with Crippen molar-refractivity contribution in [3.05, 3.63) is 65.0 Å². The van der Waals surface area contributed by atoms with Crippen molar-refractivity contribution in [3.63, 3.8) is 0 Å². The molecule has 0 aliphatic carbocycles. The minimum Gasteiger partial charge on any atom is -0.350 e. The molecular weight excluding hydrogens is 372 g/mol. The Hall–Kier alpha value is -3.55. The van der Waals surface area contributed by atoms with Crippen LogP contribution in [0.4, 0.5) is 0 Å². The summed E-state index contributed by atoms with van der Waals surface area (Å²) < 4.78 is 0. The van der Waals surface area contributed by atoms with Gasteiger partial charge in [-0.1, -0.05) is 6.07 Å². The maximum Gasteiger partial charge on any atom is 0.269 e. The molecule has 2 aromatic rings. The molecule has 8 nitrogen and oxygen atoms in total. The van der Waals surface area contributed by atoms with Gasteiger partial charge in [-0.15, -0.1) is 0 Å². The van der Waals surface area contributed by atoms with Crippen LogP contribution in [-0.2, 0) is 0 Å². The number of hydrogen-bond donors (Lipinski definition) is 2. The number of nitrogens with zero attached hydrogens (tertiary/aromatic N) is 2. The van der Waals surface area contributed by atoms with Crippen LogP contribution < -0.4 is 10.6 Å². The van der Waals surface area contributed by atoms with E-state index >= 15 is 0 Å². The van der Waals surface area contributed by atoms with E-state index in [0.717, 1.165) is 0 Å². The Morgan fingerprint density at radius 3 is 2.21 bits per heavy atom. The van der Waals surface area contributed by atoms with Gasteiger partial charge < -0.3 is 10.6 Å². The number of imide groups is 1. The van der Waals surface area contributed by atoms with Gasteiger partial charge in [0.1, 0.15) is 5.69 Å². The average Bonchev–Trinajstić information content (AvgIpc) is 2.95. The highest BCUT2D eigenvalue weighted by Gasteiger charge is 2.42. The smallest absolute Gasteiger partial charge is 0.269 e. The summed E-state index contributed by atoms with van der Waals surface area (Å²) in [4.78, 5) is 54.5. The number of carbonyl (C=O) groups is 4. The van der Waals surface area contributed by atoms with Crippen molar-refractivity contribution in [1.29, 1.82) is 0 Å². The van der Waals surface area contributed by atoms with Crippen molar-refractivity contribution in [2.75, 3.05) is 13.1 Å². The lowest BCUT2D eigenvalue weighted by molar-refractivity contribution is 0.0507. The van der Waals surface area contributed by atoms with Crippen molar-refractivity contribution >= 4 is 23.6 Å². The second-order valence-corrected chi connectivity index (χ2v) is 7.60. The molecule has 1 aromatic carbocycles. The number of nitrogens with one attached hydrogen (secondary N) is 2. The first-order valence-corrected chi connectivity index (χ1v) is 9.20. The summed E-state index contributed by atoms with van der Waals surface area (Å²) >= 11 is 0. The van der Waals surface area contributed by atoms with Gasteiger partial charge >= 0.3 is 0 Å². The zero-order valence-electron chi connectivity index (χ0n) is 16.5. The van der Waals surface area contributed by atoms with Crippen molar-refractivity contribution in [1.82, 2.24) is 20.5 Å². The molecule has 1 aliphatic rings. The zero-order chi connectivity index (χ0) is 21.2. The number of fused-ring (bicyclic) bond motifs is 1. The lowest BCUT2D eigenvalue weighted by atomic mass is 10.1. The first kappa shape index (κ1) is 20.2. The third-order valence-electron chi connectivity index (χ3n) is 4.41. The van der Waals surface area contributed by atoms with Gasteiger partial charge in [0.05, 0.1) is 11.1 Å². The quantitative estimate of drug-likeness (QED) is 0.592. The van der Waals surface area contributed by atoms with E-state index in [2.05, 4.69) is 15.6 Å². The largest absolute Gasteiger partial charge is 0.350 e. The van der Waals surface area contributed by atoms with E-state index in [9.17, 15) is 19.2 Å². The van der Waals surface area contributed by atoms with Gasteiger partial charge in [0.15, 0.2) is 0 Å². The number of hydrogen-bond acceptors (Lipinski definition) is 5. The predicted octanol–water partition coefficient (Wildman–Crippen LogP) is 1.64. The molecule has 0 bridgehead atoms. The van der Waals surface area contributed by atoms with Gasteiger partial charge in [0.2, 0.25) is 0 Å². The first-order chi connectivity index (χ1) is 13.7. The van der Waals surface area contributed by atoms with Crippen LogP contribution in [0.1, 0.15) is 62.3 Å². The van der Waals surface area contributed by atoms with Crippen LogP contribution >= 0.6 is 0 Å². The van der Waals surface area contributed by atoms with E-state index in [-0.39, 0.29) is 36.0 Å². The molecule has 2 heterocycles. The summed E-state index contributed by atoms with van der Waals surface area (Å²) in [5.41, 5.74) is 0.437. The highest BCUT2D eigenvalue weighted by molar-refractivity contribution is 6.22. The molecule has 1 aromatic heterocycles. The Balaban J connectivity index is 1.59. The summed E-state index contributed by atoms with van der Waals surface area (Å²) in [6.07, 6.45) is 1.53. The van der Waals surface area contributed by atoms with Crippen molar-refractivity contribution in [3.8, 4) is 0 Å². The number of carbonyl (C=O) groups excluding carboxylic acids is 4. The van der Waals surface area contributed by atoms with Crippen molar-refractivity contribution in [2.24, 2.45) is 0 Å². The van der Waals surface area contributed by atoms with Gasteiger partial charge in [-0.3, -0.25) is 29.1 Å². The molecule has 150 valence electrons. The number of aromatic nitrogens is 1. The molecule has 4 amide bonds. The Labute approximate surface area is 168 Å². The van der Waals surface area contributed by atoms with Crippen molar-refractivity contribution < 1.29 is 19.2 Å². The zero-order valence-corrected chi connectivity index (χ0v) is 16.5. The second kappa shape index (κ2) is 7.83. The molecule has 0 radical (unpaired) electrons. The van der Waals surface area contributed by atoms with Gasteiger partial charge in [0.25, 0.3) is 23.6 Å².